The van der Waals surface area contributed by atoms with Gasteiger partial charge in [-0.25, -0.2) is 4.99 Å². The van der Waals surface area contributed by atoms with Gasteiger partial charge in [0.15, 0.2) is 0 Å². The number of hydrogen-bond donors (Lipinski definition) is 1. The first-order chi connectivity index (χ1) is 8.70. The van der Waals surface area contributed by atoms with Gasteiger partial charge >= 0.3 is 0 Å². The van der Waals surface area contributed by atoms with Crippen LogP contribution in [0.15, 0.2) is 53.5 Å². The number of benzene rings is 2. The van der Waals surface area contributed by atoms with Crippen LogP contribution in [0.5, 0.6) is 5.75 Å². The lowest BCUT2D eigenvalue weighted by Gasteiger charge is -2.04. The van der Waals surface area contributed by atoms with Crippen LogP contribution in [0.3, 0.4) is 0 Å². The van der Waals surface area contributed by atoms with Crippen molar-refractivity contribution >= 4 is 23.1 Å². The number of ether oxygens (including phenoxy) is 1. The summed E-state index contributed by atoms with van der Waals surface area (Å²) >= 11 is 5.95. The average Bonchev–Trinajstić information content (AvgIpc) is 2.42. The van der Waals surface area contributed by atoms with Crippen LogP contribution < -0.4 is 10.5 Å². The third kappa shape index (κ3) is 2.81. The minimum Gasteiger partial charge on any atom is -0.495 e. The summed E-state index contributed by atoms with van der Waals surface area (Å²) in [5.74, 6) is 1.04. The van der Waals surface area contributed by atoms with Gasteiger partial charge in [0.05, 0.1) is 17.8 Å². The Balaban J connectivity index is 2.33. The lowest BCUT2D eigenvalue weighted by Crippen LogP contribution is -2.12. The number of aliphatic imine (C=N–C) groups is 1. The summed E-state index contributed by atoms with van der Waals surface area (Å²) in [7, 11) is 1.56. The smallest absolute Gasteiger partial charge is 0.139 e. The van der Waals surface area contributed by atoms with Gasteiger partial charge in [-0.2, -0.15) is 0 Å². The van der Waals surface area contributed by atoms with Crippen LogP contribution in [0.2, 0.25) is 5.02 Å². The van der Waals surface area contributed by atoms with Gasteiger partial charge in [0.25, 0.3) is 0 Å². The van der Waals surface area contributed by atoms with Crippen molar-refractivity contribution in [1.29, 1.82) is 0 Å². The second-order valence-corrected chi connectivity index (χ2v) is 4.09. The number of halogens is 1. The largest absolute Gasteiger partial charge is 0.495 e. The van der Waals surface area contributed by atoms with E-state index in [9.17, 15) is 0 Å². The summed E-state index contributed by atoms with van der Waals surface area (Å²) in [6.45, 7) is 0. The quantitative estimate of drug-likeness (QED) is 0.679. The maximum absolute atomic E-state index is 5.95. The first kappa shape index (κ1) is 12.5. The predicted octanol–water partition coefficient (Wildman–Crippen LogP) is 3.39. The highest BCUT2D eigenvalue weighted by Crippen LogP contribution is 2.28. The van der Waals surface area contributed by atoms with E-state index in [4.69, 9.17) is 22.1 Å². The van der Waals surface area contributed by atoms with Crippen LogP contribution in [0, 0.1) is 0 Å². The van der Waals surface area contributed by atoms with Crippen molar-refractivity contribution in [3.63, 3.8) is 0 Å². The first-order valence-electron chi connectivity index (χ1n) is 5.44. The molecule has 0 saturated heterocycles. The molecule has 2 rings (SSSR count). The van der Waals surface area contributed by atoms with Crippen LogP contribution in [-0.2, 0) is 0 Å². The van der Waals surface area contributed by atoms with E-state index in [-0.39, 0.29) is 0 Å². The number of amidine groups is 1. The van der Waals surface area contributed by atoms with Gasteiger partial charge in [-0.05, 0) is 12.1 Å². The molecule has 4 heteroatoms. The normalized spacial score (nSPS) is 11.3. The highest BCUT2D eigenvalue weighted by Gasteiger charge is 2.02. The molecule has 0 aliphatic rings. The average molecular weight is 261 g/mol. The van der Waals surface area contributed by atoms with Gasteiger partial charge in [0.2, 0.25) is 0 Å². The topological polar surface area (TPSA) is 47.6 Å². The van der Waals surface area contributed by atoms with Crippen molar-refractivity contribution in [3.05, 3.63) is 59.1 Å². The fourth-order valence-corrected chi connectivity index (χ4v) is 1.73. The lowest BCUT2D eigenvalue weighted by atomic mass is 10.2. The molecule has 2 N–H and O–H groups in total. The summed E-state index contributed by atoms with van der Waals surface area (Å²) in [6.07, 6.45) is 0. The standard InChI is InChI=1S/C14H13ClN2O/c1-18-13-9-11(7-8-12(13)15)17-14(16)10-5-3-2-4-6-10/h2-9H,1H3,(H2,16,17). The lowest BCUT2D eigenvalue weighted by molar-refractivity contribution is 0.415. The second kappa shape index (κ2) is 5.56. The molecule has 0 aliphatic carbocycles. The molecule has 0 heterocycles. The maximum atomic E-state index is 5.95. The van der Waals surface area contributed by atoms with E-state index in [1.54, 1.807) is 25.3 Å². The number of methoxy groups -OCH3 is 1. The van der Waals surface area contributed by atoms with Crippen LogP contribution in [0.25, 0.3) is 0 Å². The molecule has 0 fully saturated rings. The summed E-state index contributed by atoms with van der Waals surface area (Å²) in [4.78, 5) is 4.33. The minimum absolute atomic E-state index is 0.458. The van der Waals surface area contributed by atoms with Gasteiger partial charge in [0, 0.05) is 11.6 Å². The Morgan fingerprint density at radius 1 is 1.17 bits per heavy atom. The van der Waals surface area contributed by atoms with E-state index >= 15 is 0 Å². The molecule has 0 unspecified atom stereocenters. The SMILES string of the molecule is COc1cc(N=C(N)c2ccccc2)ccc1Cl. The number of nitrogens with zero attached hydrogens (tertiary/aromatic N) is 1. The third-order valence-electron chi connectivity index (χ3n) is 2.45. The fraction of sp³-hybridized carbons (Fsp3) is 0.0714. The van der Waals surface area contributed by atoms with E-state index in [2.05, 4.69) is 4.99 Å². The molecule has 0 atom stereocenters. The zero-order valence-electron chi connectivity index (χ0n) is 9.93. The number of rotatable bonds is 3. The Kier molecular flexibility index (Phi) is 3.85. The highest BCUT2D eigenvalue weighted by molar-refractivity contribution is 6.32. The molecular weight excluding hydrogens is 248 g/mol. The number of hydrogen-bond acceptors (Lipinski definition) is 2. The van der Waals surface area contributed by atoms with Crippen LogP contribution in [0.1, 0.15) is 5.56 Å². The Hall–Kier alpha value is -2.00. The van der Waals surface area contributed by atoms with Crippen molar-refractivity contribution in [2.24, 2.45) is 10.7 Å². The van der Waals surface area contributed by atoms with Crippen LogP contribution >= 0.6 is 11.6 Å². The summed E-state index contributed by atoms with van der Waals surface area (Å²) < 4.78 is 5.13. The monoisotopic (exact) mass is 260 g/mol. The first-order valence-corrected chi connectivity index (χ1v) is 5.81. The highest BCUT2D eigenvalue weighted by atomic mass is 35.5. The molecule has 0 radical (unpaired) electrons. The van der Waals surface area contributed by atoms with Gasteiger partial charge in [-0.15, -0.1) is 0 Å². The van der Waals surface area contributed by atoms with Crippen molar-refractivity contribution in [2.75, 3.05) is 7.11 Å². The Bertz CT molecular complexity index is 567. The molecular formula is C14H13ClN2O. The molecule has 92 valence electrons. The molecule has 0 spiro atoms. The maximum Gasteiger partial charge on any atom is 0.139 e. The Morgan fingerprint density at radius 3 is 2.56 bits per heavy atom. The van der Waals surface area contributed by atoms with E-state index < -0.39 is 0 Å². The Labute approximate surface area is 111 Å². The van der Waals surface area contributed by atoms with E-state index in [0.717, 1.165) is 5.56 Å². The molecule has 3 nitrogen and oxygen atoms in total. The molecule has 2 aromatic rings. The molecule has 0 aromatic heterocycles. The van der Waals surface area contributed by atoms with Crippen molar-refractivity contribution < 1.29 is 4.74 Å². The summed E-state index contributed by atoms with van der Waals surface area (Å²) in [5.41, 5.74) is 7.52. The summed E-state index contributed by atoms with van der Waals surface area (Å²) in [6, 6.07) is 14.9. The fourth-order valence-electron chi connectivity index (χ4n) is 1.53. The molecule has 0 aliphatic heterocycles. The van der Waals surface area contributed by atoms with Gasteiger partial charge in [-0.1, -0.05) is 41.9 Å². The van der Waals surface area contributed by atoms with E-state index in [1.807, 2.05) is 30.3 Å². The zero-order valence-corrected chi connectivity index (χ0v) is 10.7. The third-order valence-corrected chi connectivity index (χ3v) is 2.77. The Morgan fingerprint density at radius 2 is 1.89 bits per heavy atom. The van der Waals surface area contributed by atoms with Crippen molar-refractivity contribution in [3.8, 4) is 5.75 Å². The number of nitrogens with two attached hydrogens (primary N) is 1. The van der Waals surface area contributed by atoms with Gasteiger partial charge in [-0.3, -0.25) is 0 Å². The van der Waals surface area contributed by atoms with Gasteiger partial charge < -0.3 is 10.5 Å². The predicted molar refractivity (Wildman–Crippen MR) is 74.8 cm³/mol. The molecule has 2 aromatic carbocycles. The van der Waals surface area contributed by atoms with Crippen molar-refractivity contribution in [2.45, 2.75) is 0 Å². The second-order valence-electron chi connectivity index (χ2n) is 3.68. The molecule has 0 saturated carbocycles. The van der Waals surface area contributed by atoms with Crippen LogP contribution in [-0.4, -0.2) is 12.9 Å². The van der Waals surface area contributed by atoms with Gasteiger partial charge in [0.1, 0.15) is 11.6 Å². The van der Waals surface area contributed by atoms with Crippen molar-refractivity contribution in [1.82, 2.24) is 0 Å². The van der Waals surface area contributed by atoms with E-state index in [0.29, 0.717) is 22.3 Å². The summed E-state index contributed by atoms with van der Waals surface area (Å²) in [5, 5.41) is 0.551. The zero-order chi connectivity index (χ0) is 13.0. The molecule has 0 bridgehead atoms. The van der Waals surface area contributed by atoms with Crippen LogP contribution in [0.4, 0.5) is 5.69 Å². The molecule has 18 heavy (non-hydrogen) atoms. The molecule has 0 amide bonds. The minimum atomic E-state index is 0.458. The van der Waals surface area contributed by atoms with E-state index in [1.165, 1.54) is 0 Å².